The molecule has 1 saturated heterocycles. The predicted octanol–water partition coefficient (Wildman–Crippen LogP) is 2.76. The smallest absolute Gasteiger partial charge is 0.246 e. The fourth-order valence-corrected chi connectivity index (χ4v) is 3.94. The van der Waals surface area contributed by atoms with E-state index >= 15 is 0 Å². The SMILES string of the molecule is C[C@@H]1CCCC[C@H]1OCC(=O)NC1CCN(Cc2ccccn2)CC1. The van der Waals surface area contributed by atoms with E-state index in [0.717, 1.165) is 44.6 Å². The monoisotopic (exact) mass is 345 g/mol. The molecule has 3 rings (SSSR count). The van der Waals surface area contributed by atoms with E-state index in [1.807, 2.05) is 18.3 Å². The molecule has 2 aliphatic rings. The molecule has 0 bridgehead atoms. The molecule has 1 aromatic heterocycles. The summed E-state index contributed by atoms with van der Waals surface area (Å²) in [5.41, 5.74) is 1.11. The maximum absolute atomic E-state index is 12.2. The van der Waals surface area contributed by atoms with Crippen LogP contribution in [0.15, 0.2) is 24.4 Å². The van der Waals surface area contributed by atoms with E-state index in [1.54, 1.807) is 0 Å². The Morgan fingerprint density at radius 3 is 2.76 bits per heavy atom. The molecule has 2 heterocycles. The normalized spacial score (nSPS) is 25.6. The Labute approximate surface area is 151 Å². The van der Waals surface area contributed by atoms with Gasteiger partial charge in [0.05, 0.1) is 11.8 Å². The third-order valence-corrected chi connectivity index (χ3v) is 5.53. The van der Waals surface area contributed by atoms with E-state index in [9.17, 15) is 4.79 Å². The Balaban J connectivity index is 1.33. The van der Waals surface area contributed by atoms with Crippen LogP contribution in [-0.2, 0) is 16.1 Å². The molecule has 0 spiro atoms. The second kappa shape index (κ2) is 9.30. The van der Waals surface area contributed by atoms with Crippen LogP contribution in [-0.4, -0.2) is 47.6 Å². The molecule has 0 aromatic carbocycles. The Morgan fingerprint density at radius 2 is 2.04 bits per heavy atom. The zero-order valence-corrected chi connectivity index (χ0v) is 15.3. The summed E-state index contributed by atoms with van der Waals surface area (Å²) < 4.78 is 5.87. The standard InChI is InChI=1S/C20H31N3O2/c1-16-6-2-3-8-19(16)25-15-20(24)22-17-9-12-23(13-10-17)14-18-7-4-5-11-21-18/h4-5,7,11,16-17,19H,2-3,6,8-10,12-15H2,1H3,(H,22,24)/t16-,19-/m1/s1. The highest BCUT2D eigenvalue weighted by molar-refractivity contribution is 5.77. The van der Waals surface area contributed by atoms with Gasteiger partial charge in [-0.2, -0.15) is 0 Å². The van der Waals surface area contributed by atoms with E-state index in [4.69, 9.17) is 4.74 Å². The minimum atomic E-state index is 0.0425. The van der Waals surface area contributed by atoms with Gasteiger partial charge in [-0.05, 0) is 43.7 Å². The largest absolute Gasteiger partial charge is 0.368 e. The van der Waals surface area contributed by atoms with Crippen molar-refractivity contribution in [1.82, 2.24) is 15.2 Å². The lowest BCUT2D eigenvalue weighted by molar-refractivity contribution is -0.130. The summed E-state index contributed by atoms with van der Waals surface area (Å²) in [7, 11) is 0. The molecule has 1 aromatic rings. The van der Waals surface area contributed by atoms with Crippen LogP contribution >= 0.6 is 0 Å². The number of carbonyl (C=O) groups is 1. The molecule has 0 unspecified atom stereocenters. The van der Waals surface area contributed by atoms with Crippen molar-refractivity contribution < 1.29 is 9.53 Å². The van der Waals surface area contributed by atoms with Gasteiger partial charge in [-0.15, -0.1) is 0 Å². The van der Waals surface area contributed by atoms with Crippen LogP contribution in [0.5, 0.6) is 0 Å². The quantitative estimate of drug-likeness (QED) is 0.861. The molecule has 0 radical (unpaired) electrons. The predicted molar refractivity (Wildman–Crippen MR) is 98.1 cm³/mol. The molecule has 1 N–H and O–H groups in total. The lowest BCUT2D eigenvalue weighted by Crippen LogP contribution is -2.45. The van der Waals surface area contributed by atoms with Gasteiger partial charge in [-0.25, -0.2) is 0 Å². The van der Waals surface area contributed by atoms with Crippen molar-refractivity contribution in [3.8, 4) is 0 Å². The summed E-state index contributed by atoms with van der Waals surface area (Å²) in [6.45, 7) is 5.34. The first-order chi connectivity index (χ1) is 12.2. The number of carbonyl (C=O) groups excluding carboxylic acids is 1. The van der Waals surface area contributed by atoms with Gasteiger partial charge in [0.25, 0.3) is 0 Å². The number of pyridine rings is 1. The number of ether oxygens (including phenoxy) is 1. The van der Waals surface area contributed by atoms with Crippen molar-refractivity contribution in [2.45, 2.75) is 64.1 Å². The number of piperidine rings is 1. The maximum atomic E-state index is 12.2. The minimum absolute atomic E-state index is 0.0425. The average molecular weight is 345 g/mol. The highest BCUT2D eigenvalue weighted by Gasteiger charge is 2.24. The molecule has 5 heteroatoms. The molecule has 5 nitrogen and oxygen atoms in total. The van der Waals surface area contributed by atoms with Gasteiger partial charge in [0.2, 0.25) is 5.91 Å². The molecule has 1 aliphatic heterocycles. The van der Waals surface area contributed by atoms with Crippen molar-refractivity contribution in [3.05, 3.63) is 30.1 Å². The first-order valence-electron chi connectivity index (χ1n) is 9.74. The van der Waals surface area contributed by atoms with E-state index in [-0.39, 0.29) is 24.7 Å². The Hall–Kier alpha value is -1.46. The van der Waals surface area contributed by atoms with Crippen molar-refractivity contribution in [2.24, 2.45) is 5.92 Å². The first kappa shape index (κ1) is 18.3. The number of aromatic nitrogens is 1. The second-order valence-electron chi connectivity index (χ2n) is 7.55. The zero-order chi connectivity index (χ0) is 17.5. The third kappa shape index (κ3) is 5.79. The molecule has 25 heavy (non-hydrogen) atoms. The van der Waals surface area contributed by atoms with Crippen LogP contribution in [0.2, 0.25) is 0 Å². The number of likely N-dealkylation sites (tertiary alicyclic amines) is 1. The van der Waals surface area contributed by atoms with Crippen molar-refractivity contribution >= 4 is 5.91 Å². The van der Waals surface area contributed by atoms with Crippen LogP contribution in [0.25, 0.3) is 0 Å². The van der Waals surface area contributed by atoms with Crippen LogP contribution in [0.3, 0.4) is 0 Å². The number of hydrogen-bond acceptors (Lipinski definition) is 4. The number of amides is 1. The molecule has 1 saturated carbocycles. The molecule has 1 aliphatic carbocycles. The van der Waals surface area contributed by atoms with Gasteiger partial charge < -0.3 is 10.1 Å². The van der Waals surface area contributed by atoms with Crippen LogP contribution in [0.1, 0.15) is 51.1 Å². The fraction of sp³-hybridized carbons (Fsp3) is 0.700. The Bertz CT molecular complexity index is 529. The maximum Gasteiger partial charge on any atom is 0.246 e. The minimum Gasteiger partial charge on any atom is -0.368 e. The van der Waals surface area contributed by atoms with Crippen LogP contribution in [0, 0.1) is 5.92 Å². The third-order valence-electron chi connectivity index (χ3n) is 5.53. The zero-order valence-electron chi connectivity index (χ0n) is 15.3. The van der Waals surface area contributed by atoms with Gasteiger partial charge in [-0.3, -0.25) is 14.7 Å². The van der Waals surface area contributed by atoms with Gasteiger partial charge >= 0.3 is 0 Å². The van der Waals surface area contributed by atoms with Gasteiger partial charge in [0, 0.05) is 31.9 Å². The van der Waals surface area contributed by atoms with Crippen molar-refractivity contribution in [1.29, 1.82) is 0 Å². The fourth-order valence-electron chi connectivity index (χ4n) is 3.94. The lowest BCUT2D eigenvalue weighted by atomic mass is 9.88. The lowest BCUT2D eigenvalue weighted by Gasteiger charge is -2.32. The van der Waals surface area contributed by atoms with Gasteiger partial charge in [-0.1, -0.05) is 25.8 Å². The average Bonchev–Trinajstić information content (AvgIpc) is 2.64. The number of nitrogens with one attached hydrogen (secondary N) is 1. The van der Waals surface area contributed by atoms with E-state index in [0.29, 0.717) is 5.92 Å². The van der Waals surface area contributed by atoms with Crippen LogP contribution in [0.4, 0.5) is 0 Å². The highest BCUT2D eigenvalue weighted by Crippen LogP contribution is 2.26. The molecular formula is C20H31N3O2. The van der Waals surface area contributed by atoms with Gasteiger partial charge in [0.15, 0.2) is 0 Å². The molecular weight excluding hydrogens is 314 g/mol. The molecule has 138 valence electrons. The number of hydrogen-bond donors (Lipinski definition) is 1. The molecule has 2 fully saturated rings. The molecule has 1 amide bonds. The van der Waals surface area contributed by atoms with Gasteiger partial charge in [0.1, 0.15) is 6.61 Å². The summed E-state index contributed by atoms with van der Waals surface area (Å²) in [4.78, 5) is 19.0. The summed E-state index contributed by atoms with van der Waals surface area (Å²) in [5, 5.41) is 3.15. The van der Waals surface area contributed by atoms with Crippen molar-refractivity contribution in [3.63, 3.8) is 0 Å². The highest BCUT2D eigenvalue weighted by atomic mass is 16.5. The second-order valence-corrected chi connectivity index (χ2v) is 7.55. The first-order valence-corrected chi connectivity index (χ1v) is 9.74. The summed E-state index contributed by atoms with van der Waals surface area (Å²) in [6, 6.07) is 6.32. The molecule has 2 atom stereocenters. The summed E-state index contributed by atoms with van der Waals surface area (Å²) in [5.74, 6) is 0.623. The number of rotatable bonds is 6. The summed E-state index contributed by atoms with van der Waals surface area (Å²) in [6.07, 6.45) is 8.95. The van der Waals surface area contributed by atoms with Crippen molar-refractivity contribution in [2.75, 3.05) is 19.7 Å². The van der Waals surface area contributed by atoms with E-state index in [1.165, 1.54) is 19.3 Å². The van der Waals surface area contributed by atoms with E-state index < -0.39 is 0 Å². The number of nitrogens with zero attached hydrogens (tertiary/aromatic N) is 2. The van der Waals surface area contributed by atoms with E-state index in [2.05, 4.69) is 28.2 Å². The summed E-state index contributed by atoms with van der Waals surface area (Å²) >= 11 is 0. The topological polar surface area (TPSA) is 54.5 Å². The Kier molecular flexibility index (Phi) is 6.82. The van der Waals surface area contributed by atoms with Crippen LogP contribution < -0.4 is 5.32 Å². The Morgan fingerprint density at radius 1 is 1.24 bits per heavy atom.